The molecule has 2 heteroatoms. The van der Waals surface area contributed by atoms with Crippen molar-refractivity contribution in [3.05, 3.63) is 23.8 Å². The number of hydrogen-bond donors (Lipinski definition) is 2. The molecule has 0 bridgehead atoms. The molecular weight excluding hydrogens is 160 g/mol. The molecular formula is C11H20N2. The summed E-state index contributed by atoms with van der Waals surface area (Å²) in [6, 6.07) is 0. The first-order chi connectivity index (χ1) is 6.08. The molecule has 0 aliphatic heterocycles. The molecule has 1 rings (SSSR count). The summed E-state index contributed by atoms with van der Waals surface area (Å²) in [6.45, 7) is 4.98. The average molecular weight is 180 g/mol. The molecule has 0 heterocycles. The Balaban J connectivity index is 2.70. The standard InChI is InChI=1S/C11H20N2/c1-9-4-5-10(2)11(13,8-9)6-3-7-12/h4-5,8,10H,3,6-7,12-13H2,1-2H3. The Kier molecular flexibility index (Phi) is 3.28. The van der Waals surface area contributed by atoms with Crippen LogP contribution in [0.5, 0.6) is 0 Å². The van der Waals surface area contributed by atoms with Crippen LogP contribution in [-0.2, 0) is 0 Å². The second kappa shape index (κ2) is 4.07. The summed E-state index contributed by atoms with van der Waals surface area (Å²) in [5, 5.41) is 0. The Hall–Kier alpha value is -0.600. The van der Waals surface area contributed by atoms with E-state index in [9.17, 15) is 0 Å². The lowest BCUT2D eigenvalue weighted by molar-refractivity contribution is 0.378. The topological polar surface area (TPSA) is 52.0 Å². The van der Waals surface area contributed by atoms with Crippen LogP contribution < -0.4 is 11.5 Å². The minimum Gasteiger partial charge on any atom is -0.330 e. The van der Waals surface area contributed by atoms with Crippen LogP contribution in [0.3, 0.4) is 0 Å². The van der Waals surface area contributed by atoms with Gasteiger partial charge in [-0.25, -0.2) is 0 Å². The van der Waals surface area contributed by atoms with Gasteiger partial charge < -0.3 is 11.5 Å². The first kappa shape index (κ1) is 10.5. The van der Waals surface area contributed by atoms with Crippen molar-refractivity contribution in [3.63, 3.8) is 0 Å². The number of nitrogens with two attached hydrogens (primary N) is 2. The van der Waals surface area contributed by atoms with Crippen LogP contribution in [0.4, 0.5) is 0 Å². The van der Waals surface area contributed by atoms with Gasteiger partial charge in [0.1, 0.15) is 0 Å². The van der Waals surface area contributed by atoms with E-state index in [1.807, 2.05) is 0 Å². The van der Waals surface area contributed by atoms with E-state index < -0.39 is 0 Å². The third-order valence-electron chi connectivity index (χ3n) is 2.81. The van der Waals surface area contributed by atoms with Crippen molar-refractivity contribution < 1.29 is 0 Å². The third kappa shape index (κ3) is 2.42. The minimum absolute atomic E-state index is 0.168. The minimum atomic E-state index is -0.168. The van der Waals surface area contributed by atoms with Gasteiger partial charge in [-0.15, -0.1) is 0 Å². The Labute approximate surface area is 80.7 Å². The van der Waals surface area contributed by atoms with Gasteiger partial charge in [-0.2, -0.15) is 0 Å². The molecule has 0 aromatic rings. The Morgan fingerprint density at radius 1 is 1.54 bits per heavy atom. The number of hydrogen-bond acceptors (Lipinski definition) is 2. The molecule has 74 valence electrons. The molecule has 0 fully saturated rings. The van der Waals surface area contributed by atoms with Gasteiger partial charge in [0.05, 0.1) is 0 Å². The zero-order valence-electron chi connectivity index (χ0n) is 8.59. The summed E-state index contributed by atoms with van der Waals surface area (Å²) >= 11 is 0. The van der Waals surface area contributed by atoms with Crippen molar-refractivity contribution in [1.29, 1.82) is 0 Å². The Morgan fingerprint density at radius 3 is 2.85 bits per heavy atom. The summed E-state index contributed by atoms with van der Waals surface area (Å²) in [4.78, 5) is 0. The van der Waals surface area contributed by atoms with Crippen molar-refractivity contribution in [3.8, 4) is 0 Å². The predicted molar refractivity (Wildman–Crippen MR) is 57.3 cm³/mol. The van der Waals surface area contributed by atoms with E-state index in [-0.39, 0.29) is 5.54 Å². The van der Waals surface area contributed by atoms with Crippen molar-refractivity contribution in [2.45, 2.75) is 32.2 Å². The van der Waals surface area contributed by atoms with Gasteiger partial charge in [0.2, 0.25) is 0 Å². The molecule has 0 aromatic heterocycles. The molecule has 13 heavy (non-hydrogen) atoms. The molecule has 2 nitrogen and oxygen atoms in total. The van der Waals surface area contributed by atoms with Crippen molar-refractivity contribution >= 4 is 0 Å². The quantitative estimate of drug-likeness (QED) is 0.692. The Bertz CT molecular complexity index is 230. The van der Waals surface area contributed by atoms with Crippen molar-refractivity contribution in [2.24, 2.45) is 17.4 Å². The lowest BCUT2D eigenvalue weighted by Crippen LogP contribution is -2.45. The van der Waals surface area contributed by atoms with Crippen molar-refractivity contribution in [2.75, 3.05) is 6.54 Å². The van der Waals surface area contributed by atoms with Gasteiger partial charge in [-0.3, -0.25) is 0 Å². The first-order valence-electron chi connectivity index (χ1n) is 4.95. The molecule has 4 N–H and O–H groups in total. The zero-order chi connectivity index (χ0) is 9.90. The molecule has 0 saturated heterocycles. The fourth-order valence-corrected chi connectivity index (χ4v) is 1.79. The summed E-state index contributed by atoms with van der Waals surface area (Å²) in [6.07, 6.45) is 8.47. The lowest BCUT2D eigenvalue weighted by atomic mass is 9.77. The summed E-state index contributed by atoms with van der Waals surface area (Å²) in [7, 11) is 0. The van der Waals surface area contributed by atoms with E-state index in [0.29, 0.717) is 5.92 Å². The largest absolute Gasteiger partial charge is 0.330 e. The second-order valence-corrected chi connectivity index (χ2v) is 4.04. The van der Waals surface area contributed by atoms with Gasteiger partial charge in [0, 0.05) is 5.54 Å². The maximum atomic E-state index is 6.30. The molecule has 0 aromatic carbocycles. The maximum Gasteiger partial charge on any atom is 0.0406 e. The smallest absolute Gasteiger partial charge is 0.0406 e. The predicted octanol–water partition coefficient (Wildman–Crippen LogP) is 1.58. The van der Waals surface area contributed by atoms with Gasteiger partial charge in [-0.1, -0.05) is 30.7 Å². The molecule has 0 spiro atoms. The molecule has 0 amide bonds. The maximum absolute atomic E-state index is 6.30. The summed E-state index contributed by atoms with van der Waals surface area (Å²) in [5.41, 5.74) is 12.9. The fourth-order valence-electron chi connectivity index (χ4n) is 1.79. The van der Waals surface area contributed by atoms with E-state index in [2.05, 4.69) is 32.1 Å². The van der Waals surface area contributed by atoms with Crippen LogP contribution in [0.15, 0.2) is 23.8 Å². The van der Waals surface area contributed by atoms with E-state index >= 15 is 0 Å². The number of allylic oxidation sites excluding steroid dienone is 2. The molecule has 1 aliphatic carbocycles. The molecule has 2 unspecified atom stereocenters. The second-order valence-electron chi connectivity index (χ2n) is 4.04. The van der Waals surface area contributed by atoms with E-state index in [4.69, 9.17) is 11.5 Å². The summed E-state index contributed by atoms with van der Waals surface area (Å²) < 4.78 is 0. The first-order valence-corrected chi connectivity index (χ1v) is 4.95. The van der Waals surface area contributed by atoms with Crippen LogP contribution in [0.1, 0.15) is 26.7 Å². The SMILES string of the molecule is CC1=CC(N)(CCCN)C(C)C=C1. The van der Waals surface area contributed by atoms with Gasteiger partial charge in [0.15, 0.2) is 0 Å². The molecule has 0 radical (unpaired) electrons. The highest BCUT2D eigenvalue weighted by atomic mass is 14.7. The lowest BCUT2D eigenvalue weighted by Gasteiger charge is -2.34. The van der Waals surface area contributed by atoms with Crippen LogP contribution in [0.25, 0.3) is 0 Å². The third-order valence-corrected chi connectivity index (χ3v) is 2.81. The highest BCUT2D eigenvalue weighted by molar-refractivity contribution is 5.29. The molecule has 1 aliphatic rings. The van der Waals surface area contributed by atoms with Crippen LogP contribution in [0.2, 0.25) is 0 Å². The van der Waals surface area contributed by atoms with E-state index in [0.717, 1.165) is 19.4 Å². The Morgan fingerprint density at radius 2 is 2.23 bits per heavy atom. The molecule has 2 atom stereocenters. The summed E-state index contributed by atoms with van der Waals surface area (Å²) in [5.74, 6) is 0.419. The average Bonchev–Trinajstić information content (AvgIpc) is 2.09. The van der Waals surface area contributed by atoms with E-state index in [1.54, 1.807) is 0 Å². The fraction of sp³-hybridized carbons (Fsp3) is 0.636. The monoisotopic (exact) mass is 180 g/mol. The van der Waals surface area contributed by atoms with Gasteiger partial charge in [0.25, 0.3) is 0 Å². The number of rotatable bonds is 3. The van der Waals surface area contributed by atoms with Gasteiger partial charge in [-0.05, 0) is 32.2 Å². The highest BCUT2D eigenvalue weighted by Crippen LogP contribution is 2.28. The molecule has 0 saturated carbocycles. The normalized spacial score (nSPS) is 33.2. The van der Waals surface area contributed by atoms with E-state index in [1.165, 1.54) is 5.57 Å². The van der Waals surface area contributed by atoms with Gasteiger partial charge >= 0.3 is 0 Å². The highest BCUT2D eigenvalue weighted by Gasteiger charge is 2.29. The van der Waals surface area contributed by atoms with Crippen LogP contribution in [-0.4, -0.2) is 12.1 Å². The van der Waals surface area contributed by atoms with Crippen LogP contribution in [0, 0.1) is 5.92 Å². The van der Waals surface area contributed by atoms with Crippen molar-refractivity contribution in [1.82, 2.24) is 0 Å². The van der Waals surface area contributed by atoms with Crippen LogP contribution >= 0.6 is 0 Å². The zero-order valence-corrected chi connectivity index (χ0v) is 8.59.